The molecule has 0 radical (unpaired) electrons. The molecule has 0 atom stereocenters. The molecular weight excluding hydrogens is 334 g/mol. The van der Waals surface area contributed by atoms with Crippen LogP contribution in [0.15, 0.2) is 48.5 Å². The molecular formula is C19H20N3O2S+. The maximum Gasteiger partial charge on any atom is 0.257 e. The molecule has 0 aliphatic carbocycles. The Kier molecular flexibility index (Phi) is 4.74. The van der Waals surface area contributed by atoms with E-state index in [2.05, 4.69) is 10.3 Å². The predicted molar refractivity (Wildman–Crippen MR) is 99.2 cm³/mol. The van der Waals surface area contributed by atoms with E-state index in [4.69, 9.17) is 4.74 Å². The van der Waals surface area contributed by atoms with Gasteiger partial charge in [-0.25, -0.2) is 4.98 Å². The Labute approximate surface area is 150 Å². The fourth-order valence-electron chi connectivity index (χ4n) is 2.99. The minimum Gasteiger partial charge on any atom is -0.370 e. The van der Waals surface area contributed by atoms with Gasteiger partial charge in [0.05, 0.1) is 23.4 Å². The molecule has 6 heteroatoms. The number of hydrogen-bond acceptors (Lipinski definition) is 4. The number of para-hydroxylation sites is 1. The van der Waals surface area contributed by atoms with Crippen LogP contribution in [-0.4, -0.2) is 37.2 Å². The first kappa shape index (κ1) is 16.2. The summed E-state index contributed by atoms with van der Waals surface area (Å²) in [5, 5.41) is 3.53. The van der Waals surface area contributed by atoms with Gasteiger partial charge in [0.25, 0.3) is 5.91 Å². The first-order valence-electron chi connectivity index (χ1n) is 8.45. The highest BCUT2D eigenvalue weighted by Gasteiger charge is 2.15. The highest BCUT2D eigenvalue weighted by molar-refractivity contribution is 7.22. The van der Waals surface area contributed by atoms with Crippen LogP contribution in [0.1, 0.15) is 15.9 Å². The third-order valence-corrected chi connectivity index (χ3v) is 5.34. The molecule has 4 rings (SSSR count). The van der Waals surface area contributed by atoms with Crippen molar-refractivity contribution >= 4 is 32.6 Å². The van der Waals surface area contributed by atoms with E-state index in [1.165, 1.54) is 21.8 Å². The summed E-state index contributed by atoms with van der Waals surface area (Å²) in [6.45, 7) is 4.72. The Morgan fingerprint density at radius 1 is 1.12 bits per heavy atom. The van der Waals surface area contributed by atoms with Crippen molar-refractivity contribution in [3.8, 4) is 0 Å². The summed E-state index contributed by atoms with van der Waals surface area (Å²) in [6.07, 6.45) is 0. The number of ether oxygens (including phenoxy) is 1. The molecule has 2 aromatic carbocycles. The summed E-state index contributed by atoms with van der Waals surface area (Å²) in [4.78, 5) is 18.4. The van der Waals surface area contributed by atoms with Crippen molar-refractivity contribution < 1.29 is 14.4 Å². The predicted octanol–water partition coefficient (Wildman–Crippen LogP) is 1.96. The lowest BCUT2D eigenvalue weighted by Crippen LogP contribution is -3.12. The van der Waals surface area contributed by atoms with Gasteiger partial charge in [-0.3, -0.25) is 10.1 Å². The van der Waals surface area contributed by atoms with Crippen LogP contribution in [0.25, 0.3) is 10.2 Å². The molecule has 1 saturated heterocycles. The van der Waals surface area contributed by atoms with Gasteiger partial charge in [0, 0.05) is 11.1 Å². The second kappa shape index (κ2) is 7.31. The van der Waals surface area contributed by atoms with Gasteiger partial charge in [-0.2, -0.15) is 0 Å². The smallest absolute Gasteiger partial charge is 0.257 e. The van der Waals surface area contributed by atoms with E-state index < -0.39 is 0 Å². The molecule has 2 heterocycles. The third kappa shape index (κ3) is 3.87. The van der Waals surface area contributed by atoms with Crippen molar-refractivity contribution in [2.24, 2.45) is 0 Å². The van der Waals surface area contributed by atoms with Crippen LogP contribution in [0.2, 0.25) is 0 Å². The lowest BCUT2D eigenvalue weighted by Gasteiger charge is -2.23. The summed E-state index contributed by atoms with van der Waals surface area (Å²) in [7, 11) is 0. The fourth-order valence-corrected chi connectivity index (χ4v) is 3.86. The summed E-state index contributed by atoms with van der Waals surface area (Å²) < 4.78 is 6.46. The number of anilines is 1. The number of amides is 1. The van der Waals surface area contributed by atoms with Gasteiger partial charge in [0.15, 0.2) is 5.13 Å². The molecule has 5 nitrogen and oxygen atoms in total. The average Bonchev–Trinajstić information content (AvgIpc) is 3.05. The molecule has 0 unspecified atom stereocenters. The Bertz CT molecular complexity index is 837. The van der Waals surface area contributed by atoms with E-state index >= 15 is 0 Å². The summed E-state index contributed by atoms with van der Waals surface area (Å²) in [5.74, 6) is -0.121. The number of carbonyl (C=O) groups is 1. The van der Waals surface area contributed by atoms with Crippen LogP contribution in [-0.2, 0) is 11.3 Å². The van der Waals surface area contributed by atoms with Gasteiger partial charge >= 0.3 is 0 Å². The molecule has 0 spiro atoms. The van der Waals surface area contributed by atoms with Crippen LogP contribution in [0.5, 0.6) is 0 Å². The van der Waals surface area contributed by atoms with Gasteiger partial charge in [-0.05, 0) is 24.3 Å². The van der Waals surface area contributed by atoms with E-state index in [9.17, 15) is 4.79 Å². The first-order chi connectivity index (χ1) is 12.3. The number of nitrogens with zero attached hydrogens (tertiary/aromatic N) is 1. The van der Waals surface area contributed by atoms with Crippen LogP contribution >= 0.6 is 11.3 Å². The van der Waals surface area contributed by atoms with E-state index in [-0.39, 0.29) is 5.91 Å². The zero-order valence-electron chi connectivity index (χ0n) is 13.8. The van der Waals surface area contributed by atoms with Gasteiger partial charge in [0.2, 0.25) is 0 Å². The number of morpholine rings is 1. The van der Waals surface area contributed by atoms with E-state index in [0.717, 1.165) is 43.1 Å². The van der Waals surface area contributed by atoms with Gasteiger partial charge in [-0.15, -0.1) is 0 Å². The molecule has 25 heavy (non-hydrogen) atoms. The largest absolute Gasteiger partial charge is 0.370 e. The Hall–Kier alpha value is -2.28. The first-order valence-corrected chi connectivity index (χ1v) is 9.27. The standard InChI is InChI=1S/C19H19N3O2S/c23-18(21-19-20-16-3-1-2-4-17(16)25-19)15-7-5-14(6-8-15)13-22-9-11-24-12-10-22/h1-8H,9-13H2,(H,20,21,23)/p+1. The van der Waals surface area contributed by atoms with Crippen LogP contribution in [0.4, 0.5) is 5.13 Å². The average molecular weight is 354 g/mol. The van der Waals surface area contributed by atoms with E-state index in [0.29, 0.717) is 10.7 Å². The topological polar surface area (TPSA) is 55.7 Å². The molecule has 1 aliphatic rings. The summed E-state index contributed by atoms with van der Waals surface area (Å²) in [6, 6.07) is 15.7. The quantitative estimate of drug-likeness (QED) is 0.753. The van der Waals surface area contributed by atoms with Gasteiger partial charge < -0.3 is 9.64 Å². The minimum atomic E-state index is -0.121. The summed E-state index contributed by atoms with van der Waals surface area (Å²) >= 11 is 1.49. The Balaban J connectivity index is 1.41. The maximum atomic E-state index is 12.4. The van der Waals surface area contributed by atoms with Crippen molar-refractivity contribution in [2.45, 2.75) is 6.54 Å². The van der Waals surface area contributed by atoms with E-state index in [1.54, 1.807) is 0 Å². The van der Waals surface area contributed by atoms with Gasteiger partial charge in [0.1, 0.15) is 19.6 Å². The Morgan fingerprint density at radius 3 is 2.64 bits per heavy atom. The molecule has 0 saturated carbocycles. The van der Waals surface area contributed by atoms with Crippen molar-refractivity contribution in [3.63, 3.8) is 0 Å². The Morgan fingerprint density at radius 2 is 1.88 bits per heavy atom. The highest BCUT2D eigenvalue weighted by atomic mass is 32.1. The molecule has 0 bridgehead atoms. The maximum absolute atomic E-state index is 12.4. The monoisotopic (exact) mass is 354 g/mol. The molecule has 1 aromatic heterocycles. The number of fused-ring (bicyclic) bond motifs is 1. The van der Waals surface area contributed by atoms with Gasteiger partial charge in [-0.1, -0.05) is 35.6 Å². The number of benzene rings is 2. The molecule has 1 amide bonds. The van der Waals surface area contributed by atoms with Crippen molar-refractivity contribution in [1.82, 2.24) is 4.98 Å². The molecule has 128 valence electrons. The number of thiazole rings is 1. The lowest BCUT2D eigenvalue weighted by atomic mass is 10.1. The number of carbonyl (C=O) groups excluding carboxylic acids is 1. The molecule has 2 N–H and O–H groups in total. The number of nitrogens with one attached hydrogen (secondary N) is 2. The zero-order valence-corrected chi connectivity index (χ0v) is 14.6. The number of quaternary nitrogens is 1. The number of aromatic nitrogens is 1. The molecule has 3 aromatic rings. The van der Waals surface area contributed by atoms with Crippen LogP contribution in [0, 0.1) is 0 Å². The van der Waals surface area contributed by atoms with Crippen molar-refractivity contribution in [3.05, 3.63) is 59.7 Å². The molecule has 1 fully saturated rings. The second-order valence-corrected chi connectivity index (χ2v) is 7.21. The SMILES string of the molecule is O=C(Nc1nc2ccccc2s1)c1ccc(C[NH+]2CCOCC2)cc1. The van der Waals surface area contributed by atoms with Crippen LogP contribution in [0.3, 0.4) is 0 Å². The second-order valence-electron chi connectivity index (χ2n) is 6.18. The highest BCUT2D eigenvalue weighted by Crippen LogP contribution is 2.25. The van der Waals surface area contributed by atoms with Crippen molar-refractivity contribution in [2.75, 3.05) is 31.6 Å². The summed E-state index contributed by atoms with van der Waals surface area (Å²) in [5.41, 5.74) is 2.81. The fraction of sp³-hybridized carbons (Fsp3) is 0.263. The lowest BCUT2D eigenvalue weighted by molar-refractivity contribution is -0.921. The minimum absolute atomic E-state index is 0.121. The normalized spacial score (nSPS) is 15.4. The van der Waals surface area contributed by atoms with Crippen molar-refractivity contribution in [1.29, 1.82) is 0 Å². The molecule has 1 aliphatic heterocycles. The number of rotatable bonds is 4. The van der Waals surface area contributed by atoms with Crippen LogP contribution < -0.4 is 10.2 Å². The third-order valence-electron chi connectivity index (χ3n) is 4.38. The number of hydrogen-bond donors (Lipinski definition) is 2. The zero-order chi connectivity index (χ0) is 17.1. The van der Waals surface area contributed by atoms with E-state index in [1.807, 2.05) is 48.5 Å².